The molecule has 0 aliphatic heterocycles. The molecule has 3 heteroatoms. The number of aromatic nitrogens is 1. The minimum Gasteiger partial charge on any atom is -0.396 e. The van der Waals surface area contributed by atoms with Crippen molar-refractivity contribution in [1.29, 1.82) is 0 Å². The summed E-state index contributed by atoms with van der Waals surface area (Å²) in [6.45, 7) is 2.00. The van der Waals surface area contributed by atoms with Gasteiger partial charge in [0, 0.05) is 11.6 Å². The number of nitrogen functional groups attached to an aromatic ring is 1. The molecular weight excluding hydrogens is 184 g/mol. The highest BCUT2D eigenvalue weighted by atomic mass is 35.5. The molecule has 1 heterocycles. The lowest BCUT2D eigenvalue weighted by atomic mass is 10.1. The Kier molecular flexibility index (Phi) is 1.85. The average Bonchev–Trinajstić information content (AvgIpc) is 2.15. The van der Waals surface area contributed by atoms with Gasteiger partial charge in [-0.05, 0) is 24.6 Å². The summed E-state index contributed by atoms with van der Waals surface area (Å²) in [6.07, 6.45) is 1.72. The maximum absolute atomic E-state index is 5.93. The Morgan fingerprint density at radius 1 is 1.46 bits per heavy atom. The molecule has 0 amide bonds. The van der Waals surface area contributed by atoms with Crippen LogP contribution < -0.4 is 5.73 Å². The van der Waals surface area contributed by atoms with Crippen molar-refractivity contribution < 1.29 is 0 Å². The van der Waals surface area contributed by atoms with Gasteiger partial charge in [0.15, 0.2) is 0 Å². The van der Waals surface area contributed by atoms with Gasteiger partial charge < -0.3 is 5.73 Å². The molecule has 0 saturated carbocycles. The van der Waals surface area contributed by atoms with Crippen LogP contribution in [0.3, 0.4) is 0 Å². The molecular formula is C10H9ClN2. The fourth-order valence-electron chi connectivity index (χ4n) is 1.40. The highest BCUT2D eigenvalue weighted by Crippen LogP contribution is 2.29. The molecule has 0 bridgehead atoms. The summed E-state index contributed by atoms with van der Waals surface area (Å²) in [6, 6.07) is 5.74. The standard InChI is InChI=1S/C10H9ClN2/c1-6-5-8(11)9(12)10-7(6)3-2-4-13-10/h2-5H,12H2,1H3. The Morgan fingerprint density at radius 2 is 2.23 bits per heavy atom. The maximum atomic E-state index is 5.93. The van der Waals surface area contributed by atoms with Gasteiger partial charge in [-0.1, -0.05) is 17.7 Å². The van der Waals surface area contributed by atoms with Crippen LogP contribution in [-0.2, 0) is 0 Å². The molecule has 0 unspecified atom stereocenters. The smallest absolute Gasteiger partial charge is 0.0949 e. The number of rotatable bonds is 0. The third kappa shape index (κ3) is 1.23. The van der Waals surface area contributed by atoms with Crippen LogP contribution in [0.1, 0.15) is 5.56 Å². The molecule has 0 atom stereocenters. The number of fused-ring (bicyclic) bond motifs is 1. The molecule has 0 saturated heterocycles. The zero-order valence-electron chi connectivity index (χ0n) is 7.21. The van der Waals surface area contributed by atoms with E-state index in [1.165, 1.54) is 0 Å². The van der Waals surface area contributed by atoms with E-state index in [1.807, 2.05) is 25.1 Å². The van der Waals surface area contributed by atoms with Crippen molar-refractivity contribution in [2.75, 3.05) is 5.73 Å². The van der Waals surface area contributed by atoms with E-state index in [9.17, 15) is 0 Å². The van der Waals surface area contributed by atoms with Gasteiger partial charge in [0.1, 0.15) is 0 Å². The summed E-state index contributed by atoms with van der Waals surface area (Å²) in [5.74, 6) is 0. The van der Waals surface area contributed by atoms with E-state index >= 15 is 0 Å². The highest BCUT2D eigenvalue weighted by Gasteiger charge is 2.05. The van der Waals surface area contributed by atoms with Gasteiger partial charge in [-0.25, -0.2) is 0 Å². The van der Waals surface area contributed by atoms with E-state index in [0.717, 1.165) is 16.5 Å². The second-order valence-corrected chi connectivity index (χ2v) is 3.40. The number of nitrogens with zero attached hydrogens (tertiary/aromatic N) is 1. The summed E-state index contributed by atoms with van der Waals surface area (Å²) in [7, 11) is 0. The molecule has 2 aromatic rings. The Hall–Kier alpha value is -1.28. The molecule has 0 aliphatic carbocycles. The monoisotopic (exact) mass is 192 g/mol. The minimum absolute atomic E-state index is 0.558. The van der Waals surface area contributed by atoms with Crippen molar-refractivity contribution in [2.24, 2.45) is 0 Å². The number of aryl methyl sites for hydroxylation is 1. The van der Waals surface area contributed by atoms with Crippen LogP contribution in [0.25, 0.3) is 10.9 Å². The number of halogens is 1. The fraction of sp³-hybridized carbons (Fsp3) is 0.100. The van der Waals surface area contributed by atoms with Gasteiger partial charge in [-0.2, -0.15) is 0 Å². The first-order valence-electron chi connectivity index (χ1n) is 3.99. The third-order valence-electron chi connectivity index (χ3n) is 2.09. The quantitative estimate of drug-likeness (QED) is 0.652. The number of nitrogens with two attached hydrogens (primary N) is 1. The molecule has 0 fully saturated rings. The molecule has 2 N–H and O–H groups in total. The van der Waals surface area contributed by atoms with Crippen LogP contribution in [0.4, 0.5) is 5.69 Å². The summed E-state index contributed by atoms with van der Waals surface area (Å²) in [4.78, 5) is 4.19. The second-order valence-electron chi connectivity index (χ2n) is 2.99. The Labute approximate surface area is 81.3 Å². The maximum Gasteiger partial charge on any atom is 0.0949 e. The van der Waals surface area contributed by atoms with Gasteiger partial charge in [0.05, 0.1) is 16.2 Å². The van der Waals surface area contributed by atoms with Gasteiger partial charge in [0.25, 0.3) is 0 Å². The summed E-state index contributed by atoms with van der Waals surface area (Å²) in [5, 5.41) is 1.63. The van der Waals surface area contributed by atoms with E-state index in [-0.39, 0.29) is 0 Å². The van der Waals surface area contributed by atoms with Crippen LogP contribution in [-0.4, -0.2) is 4.98 Å². The normalized spacial score (nSPS) is 10.6. The largest absolute Gasteiger partial charge is 0.396 e. The molecule has 0 radical (unpaired) electrons. The van der Waals surface area contributed by atoms with Crippen LogP contribution in [0.15, 0.2) is 24.4 Å². The molecule has 2 nitrogen and oxygen atoms in total. The second kappa shape index (κ2) is 2.89. The topological polar surface area (TPSA) is 38.9 Å². The first-order valence-corrected chi connectivity index (χ1v) is 4.37. The summed E-state index contributed by atoms with van der Waals surface area (Å²) >= 11 is 5.93. The molecule has 1 aromatic heterocycles. The predicted molar refractivity (Wildman–Crippen MR) is 55.9 cm³/mol. The molecule has 0 aliphatic rings. The van der Waals surface area contributed by atoms with Crippen LogP contribution in [0.5, 0.6) is 0 Å². The number of hydrogen-bond acceptors (Lipinski definition) is 2. The SMILES string of the molecule is Cc1cc(Cl)c(N)c2ncccc12. The lowest BCUT2D eigenvalue weighted by Gasteiger charge is -2.05. The third-order valence-corrected chi connectivity index (χ3v) is 2.40. The highest BCUT2D eigenvalue weighted by molar-refractivity contribution is 6.34. The zero-order valence-corrected chi connectivity index (χ0v) is 7.97. The Morgan fingerprint density at radius 3 is 3.00 bits per heavy atom. The first-order chi connectivity index (χ1) is 6.20. The van der Waals surface area contributed by atoms with Crippen LogP contribution >= 0.6 is 11.6 Å². The average molecular weight is 193 g/mol. The zero-order chi connectivity index (χ0) is 9.42. The molecule has 66 valence electrons. The van der Waals surface area contributed by atoms with Crippen molar-refractivity contribution >= 4 is 28.2 Å². The van der Waals surface area contributed by atoms with Crippen molar-refractivity contribution in [3.63, 3.8) is 0 Å². The van der Waals surface area contributed by atoms with Crippen molar-refractivity contribution in [3.8, 4) is 0 Å². The van der Waals surface area contributed by atoms with Gasteiger partial charge in [-0.3, -0.25) is 4.98 Å². The van der Waals surface area contributed by atoms with Crippen molar-refractivity contribution in [1.82, 2.24) is 4.98 Å². The lowest BCUT2D eigenvalue weighted by Crippen LogP contribution is -1.92. The number of benzene rings is 1. The van der Waals surface area contributed by atoms with Gasteiger partial charge in [0.2, 0.25) is 0 Å². The molecule has 0 spiro atoms. The molecule has 2 rings (SSSR count). The van der Waals surface area contributed by atoms with Gasteiger partial charge >= 0.3 is 0 Å². The summed E-state index contributed by atoms with van der Waals surface area (Å²) < 4.78 is 0. The van der Waals surface area contributed by atoms with Crippen LogP contribution in [0, 0.1) is 6.92 Å². The summed E-state index contributed by atoms with van der Waals surface area (Å²) in [5.41, 5.74) is 8.23. The first kappa shape index (κ1) is 8.32. The Bertz CT molecular complexity index is 466. The van der Waals surface area contributed by atoms with E-state index in [1.54, 1.807) is 6.20 Å². The predicted octanol–water partition coefficient (Wildman–Crippen LogP) is 2.78. The van der Waals surface area contributed by atoms with Gasteiger partial charge in [-0.15, -0.1) is 0 Å². The lowest BCUT2D eigenvalue weighted by molar-refractivity contribution is 1.39. The van der Waals surface area contributed by atoms with E-state index in [2.05, 4.69) is 4.98 Å². The van der Waals surface area contributed by atoms with Crippen LogP contribution in [0.2, 0.25) is 5.02 Å². The Balaban J connectivity index is 2.97. The van der Waals surface area contributed by atoms with Crippen molar-refractivity contribution in [3.05, 3.63) is 35.0 Å². The number of hydrogen-bond donors (Lipinski definition) is 1. The van der Waals surface area contributed by atoms with E-state index in [4.69, 9.17) is 17.3 Å². The minimum atomic E-state index is 0.558. The van der Waals surface area contributed by atoms with E-state index < -0.39 is 0 Å². The van der Waals surface area contributed by atoms with E-state index in [0.29, 0.717) is 10.7 Å². The fourth-order valence-corrected chi connectivity index (χ4v) is 1.65. The number of pyridine rings is 1. The molecule has 1 aromatic carbocycles. The van der Waals surface area contributed by atoms with Crippen molar-refractivity contribution in [2.45, 2.75) is 6.92 Å². The number of anilines is 1. The molecule has 13 heavy (non-hydrogen) atoms.